The largest absolute Gasteiger partial charge is 0.465 e. The van der Waals surface area contributed by atoms with E-state index < -0.39 is 11.8 Å². The summed E-state index contributed by atoms with van der Waals surface area (Å²) in [5.74, 6) is -0.984. The Hall–Kier alpha value is -1.46. The molecule has 0 bridgehead atoms. The van der Waals surface area contributed by atoms with Gasteiger partial charge in [0.1, 0.15) is 6.61 Å². The molecule has 1 heterocycles. The fourth-order valence-corrected chi connectivity index (χ4v) is 1.99. The number of hydrogen-bond acceptors (Lipinski definition) is 5. The number of rotatable bonds is 2. The van der Waals surface area contributed by atoms with Crippen LogP contribution in [0.15, 0.2) is 6.07 Å². The molecule has 1 aliphatic rings. The molecule has 1 aliphatic heterocycles. The third-order valence-electron chi connectivity index (χ3n) is 2.77. The van der Waals surface area contributed by atoms with Gasteiger partial charge in [0.2, 0.25) is 0 Å². The first-order valence-corrected chi connectivity index (χ1v) is 5.70. The summed E-state index contributed by atoms with van der Waals surface area (Å²) in [5, 5.41) is 9.46. The van der Waals surface area contributed by atoms with Crippen LogP contribution in [0.25, 0.3) is 0 Å². The molecule has 5 nitrogen and oxygen atoms in total. The number of aliphatic hydroxyl groups is 1. The van der Waals surface area contributed by atoms with Crippen LogP contribution >= 0.6 is 11.6 Å². The van der Waals surface area contributed by atoms with Gasteiger partial charge in [-0.2, -0.15) is 0 Å². The lowest BCUT2D eigenvalue weighted by Gasteiger charge is -2.19. The smallest absolute Gasteiger partial charge is 0.338 e. The number of fused-ring (bicyclic) bond motifs is 1. The van der Waals surface area contributed by atoms with Crippen molar-refractivity contribution in [1.82, 2.24) is 0 Å². The number of aliphatic hydroxyl groups excluding tert-OH is 1. The summed E-state index contributed by atoms with van der Waals surface area (Å²) < 4.78 is 15.7. The molecular formula is C12H13ClO5. The van der Waals surface area contributed by atoms with E-state index in [0.29, 0.717) is 22.6 Å². The maximum atomic E-state index is 11.6. The number of carbonyl (C=O) groups excluding carboxylic acids is 1. The summed E-state index contributed by atoms with van der Waals surface area (Å²) in [6.07, 6.45) is 0. The van der Waals surface area contributed by atoms with E-state index in [9.17, 15) is 9.90 Å². The molecule has 1 aromatic carbocycles. The fraction of sp³-hybridized carbons (Fsp3) is 0.417. The Kier molecular flexibility index (Phi) is 3.12. The summed E-state index contributed by atoms with van der Waals surface area (Å²) in [6.45, 7) is 2.96. The van der Waals surface area contributed by atoms with Crippen LogP contribution in [0.3, 0.4) is 0 Å². The maximum Gasteiger partial charge on any atom is 0.338 e. The van der Waals surface area contributed by atoms with Crippen LogP contribution in [0, 0.1) is 6.92 Å². The lowest BCUT2D eigenvalue weighted by atomic mass is 10.1. The van der Waals surface area contributed by atoms with Gasteiger partial charge in [-0.05, 0) is 13.0 Å². The Morgan fingerprint density at radius 3 is 2.67 bits per heavy atom. The molecule has 6 heteroatoms. The molecule has 0 saturated heterocycles. The van der Waals surface area contributed by atoms with Gasteiger partial charge in [-0.15, -0.1) is 0 Å². The Labute approximate surface area is 109 Å². The van der Waals surface area contributed by atoms with Crippen molar-refractivity contribution in [3.05, 3.63) is 22.2 Å². The number of halogens is 1. The molecule has 0 radical (unpaired) electrons. The molecule has 0 spiro atoms. The molecule has 98 valence electrons. The van der Waals surface area contributed by atoms with Gasteiger partial charge in [-0.3, -0.25) is 0 Å². The van der Waals surface area contributed by atoms with E-state index in [0.717, 1.165) is 0 Å². The predicted molar refractivity (Wildman–Crippen MR) is 64.3 cm³/mol. The van der Waals surface area contributed by atoms with Crippen LogP contribution in [-0.2, 0) is 4.74 Å². The molecule has 0 aliphatic carbocycles. The highest BCUT2D eigenvalue weighted by molar-refractivity contribution is 6.32. The molecule has 0 fully saturated rings. The highest BCUT2D eigenvalue weighted by atomic mass is 35.5. The zero-order chi connectivity index (χ0) is 13.5. The Morgan fingerprint density at radius 1 is 1.50 bits per heavy atom. The quantitative estimate of drug-likeness (QED) is 0.833. The first-order chi connectivity index (χ1) is 8.41. The minimum absolute atomic E-state index is 0.244. The third kappa shape index (κ3) is 1.89. The Bertz CT molecular complexity index is 514. The highest BCUT2D eigenvalue weighted by Gasteiger charge is 2.39. The van der Waals surface area contributed by atoms with Crippen LogP contribution in [0.5, 0.6) is 11.5 Å². The van der Waals surface area contributed by atoms with E-state index in [2.05, 4.69) is 4.74 Å². The number of hydrogen-bond donors (Lipinski definition) is 1. The van der Waals surface area contributed by atoms with E-state index in [1.807, 2.05) is 0 Å². The van der Waals surface area contributed by atoms with Gasteiger partial charge < -0.3 is 19.3 Å². The zero-order valence-corrected chi connectivity index (χ0v) is 11.0. The summed E-state index contributed by atoms with van der Waals surface area (Å²) in [4.78, 5) is 11.6. The number of ether oxygens (including phenoxy) is 3. The molecule has 1 unspecified atom stereocenters. The van der Waals surface area contributed by atoms with E-state index in [1.54, 1.807) is 13.8 Å². The predicted octanol–water partition coefficient (Wildman–Crippen LogP) is 1.91. The van der Waals surface area contributed by atoms with E-state index in [-0.39, 0.29) is 11.6 Å². The first kappa shape index (κ1) is 13.0. The minimum Gasteiger partial charge on any atom is -0.465 e. The summed E-state index contributed by atoms with van der Waals surface area (Å²) >= 11 is 6.04. The van der Waals surface area contributed by atoms with Crippen molar-refractivity contribution in [1.29, 1.82) is 0 Å². The minimum atomic E-state index is -1.18. The van der Waals surface area contributed by atoms with Crippen LogP contribution in [0.4, 0.5) is 0 Å². The van der Waals surface area contributed by atoms with Crippen LogP contribution in [0.2, 0.25) is 5.02 Å². The Morgan fingerprint density at radius 2 is 2.11 bits per heavy atom. The number of methoxy groups -OCH3 is 1. The molecular weight excluding hydrogens is 260 g/mol. The van der Waals surface area contributed by atoms with Gasteiger partial charge in [-0.25, -0.2) is 4.79 Å². The summed E-state index contributed by atoms with van der Waals surface area (Å²) in [5.41, 5.74) is 0.880. The SMILES string of the molecule is COC(=O)c1cc(Cl)c2c(c1C)OC(C)(CO)O2. The first-order valence-electron chi connectivity index (χ1n) is 5.32. The Balaban J connectivity index is 2.55. The van der Waals surface area contributed by atoms with Gasteiger partial charge in [-0.1, -0.05) is 11.6 Å². The second-order valence-corrected chi connectivity index (χ2v) is 4.58. The van der Waals surface area contributed by atoms with Gasteiger partial charge >= 0.3 is 5.97 Å². The standard InChI is InChI=1S/C12H13ClO5/c1-6-7(11(15)16-3)4-8(13)10-9(6)17-12(2,5-14)18-10/h4,14H,5H2,1-3H3. The molecule has 0 aromatic heterocycles. The maximum absolute atomic E-state index is 11.6. The zero-order valence-electron chi connectivity index (χ0n) is 10.2. The van der Waals surface area contributed by atoms with Crippen molar-refractivity contribution in [3.8, 4) is 11.5 Å². The molecule has 1 atom stereocenters. The summed E-state index contributed by atoms with van der Waals surface area (Å²) in [6, 6.07) is 1.47. The summed E-state index contributed by atoms with van der Waals surface area (Å²) in [7, 11) is 1.29. The van der Waals surface area contributed by atoms with Crippen molar-refractivity contribution in [2.24, 2.45) is 0 Å². The highest BCUT2D eigenvalue weighted by Crippen LogP contribution is 2.47. The van der Waals surface area contributed by atoms with Crippen molar-refractivity contribution < 1.29 is 24.1 Å². The van der Waals surface area contributed by atoms with Crippen molar-refractivity contribution in [3.63, 3.8) is 0 Å². The second-order valence-electron chi connectivity index (χ2n) is 4.18. The van der Waals surface area contributed by atoms with Crippen molar-refractivity contribution in [2.45, 2.75) is 19.6 Å². The molecule has 1 N–H and O–H groups in total. The van der Waals surface area contributed by atoms with Crippen LogP contribution < -0.4 is 9.47 Å². The number of esters is 1. The van der Waals surface area contributed by atoms with Crippen LogP contribution in [0.1, 0.15) is 22.8 Å². The monoisotopic (exact) mass is 272 g/mol. The van der Waals surface area contributed by atoms with Crippen molar-refractivity contribution >= 4 is 17.6 Å². The van der Waals surface area contributed by atoms with Gasteiger partial charge in [0.25, 0.3) is 5.79 Å². The second kappa shape index (κ2) is 4.33. The van der Waals surface area contributed by atoms with E-state index >= 15 is 0 Å². The molecule has 0 saturated carbocycles. The lowest BCUT2D eigenvalue weighted by Crippen LogP contribution is -2.38. The topological polar surface area (TPSA) is 65.0 Å². The average Bonchev–Trinajstić information content (AvgIpc) is 2.72. The van der Waals surface area contributed by atoms with Gasteiger partial charge in [0.15, 0.2) is 11.5 Å². The van der Waals surface area contributed by atoms with E-state index in [4.69, 9.17) is 21.1 Å². The molecule has 2 rings (SSSR count). The number of carbonyl (C=O) groups is 1. The molecule has 18 heavy (non-hydrogen) atoms. The average molecular weight is 273 g/mol. The van der Waals surface area contributed by atoms with Gasteiger partial charge in [0, 0.05) is 12.5 Å². The normalized spacial score (nSPS) is 20.9. The number of benzene rings is 1. The third-order valence-corrected chi connectivity index (χ3v) is 3.05. The van der Waals surface area contributed by atoms with Crippen molar-refractivity contribution in [2.75, 3.05) is 13.7 Å². The van der Waals surface area contributed by atoms with Gasteiger partial charge in [0.05, 0.1) is 17.7 Å². The molecule has 1 aromatic rings. The van der Waals surface area contributed by atoms with E-state index in [1.165, 1.54) is 13.2 Å². The van der Waals surface area contributed by atoms with Crippen LogP contribution in [-0.4, -0.2) is 30.6 Å². The molecule has 0 amide bonds. The fourth-order valence-electron chi connectivity index (χ4n) is 1.76. The lowest BCUT2D eigenvalue weighted by molar-refractivity contribution is -0.0989.